The van der Waals surface area contributed by atoms with Gasteiger partial charge in [-0.2, -0.15) is 0 Å². The number of nitrogens with one attached hydrogen (secondary N) is 1. The standard InChI is InChI=1S/C20H20N4O3S/c1-11-15-19(23-14-5-3-2-4-10-24(14)20(15)27)28-16(11)18(26)22-13-8-6-12(7-9-13)17(21)25/h6-9H,2-5,10H2,1H3,(H2,21,25)(H,22,26). The lowest BCUT2D eigenvalue weighted by Crippen LogP contribution is -2.24. The second-order valence-electron chi connectivity index (χ2n) is 6.93. The number of thiophene rings is 1. The summed E-state index contributed by atoms with van der Waals surface area (Å²) < 4.78 is 1.76. The molecular weight excluding hydrogens is 376 g/mol. The molecule has 28 heavy (non-hydrogen) atoms. The third-order valence-electron chi connectivity index (χ3n) is 5.05. The van der Waals surface area contributed by atoms with Gasteiger partial charge in [-0.3, -0.25) is 19.0 Å². The molecule has 1 aliphatic rings. The molecule has 0 atom stereocenters. The van der Waals surface area contributed by atoms with Gasteiger partial charge in [-0.1, -0.05) is 6.42 Å². The molecule has 8 heteroatoms. The number of fused-ring (bicyclic) bond motifs is 2. The van der Waals surface area contributed by atoms with E-state index in [0.717, 1.165) is 31.5 Å². The van der Waals surface area contributed by atoms with Crippen molar-refractivity contribution in [3.05, 3.63) is 56.4 Å². The van der Waals surface area contributed by atoms with Crippen LogP contribution in [0, 0.1) is 6.92 Å². The number of hydrogen-bond acceptors (Lipinski definition) is 5. The maximum absolute atomic E-state index is 13.0. The van der Waals surface area contributed by atoms with Crippen LogP contribution in [0.1, 0.15) is 50.7 Å². The van der Waals surface area contributed by atoms with Crippen LogP contribution >= 0.6 is 11.3 Å². The number of primary amides is 1. The Bertz CT molecular complexity index is 1140. The monoisotopic (exact) mass is 396 g/mol. The Hall–Kier alpha value is -3.00. The van der Waals surface area contributed by atoms with Crippen LogP contribution in [0.5, 0.6) is 0 Å². The summed E-state index contributed by atoms with van der Waals surface area (Å²) in [7, 11) is 0. The predicted molar refractivity (Wildman–Crippen MR) is 109 cm³/mol. The molecule has 0 unspecified atom stereocenters. The number of hydrogen-bond donors (Lipinski definition) is 2. The number of anilines is 1. The zero-order valence-electron chi connectivity index (χ0n) is 15.4. The first kappa shape index (κ1) is 18.4. The van der Waals surface area contributed by atoms with Gasteiger partial charge in [0.25, 0.3) is 11.5 Å². The molecule has 0 radical (unpaired) electrons. The van der Waals surface area contributed by atoms with E-state index in [2.05, 4.69) is 10.3 Å². The molecule has 2 aromatic heterocycles. The van der Waals surface area contributed by atoms with E-state index in [1.165, 1.54) is 11.3 Å². The highest BCUT2D eigenvalue weighted by Gasteiger charge is 2.22. The van der Waals surface area contributed by atoms with Crippen LogP contribution in [0.4, 0.5) is 5.69 Å². The Morgan fingerprint density at radius 2 is 1.93 bits per heavy atom. The van der Waals surface area contributed by atoms with Gasteiger partial charge in [0.1, 0.15) is 10.7 Å². The summed E-state index contributed by atoms with van der Waals surface area (Å²) in [5, 5.41) is 3.34. The lowest BCUT2D eigenvalue weighted by Gasteiger charge is -2.08. The molecule has 3 aromatic rings. The van der Waals surface area contributed by atoms with Crippen LogP contribution in [0.25, 0.3) is 10.2 Å². The van der Waals surface area contributed by atoms with E-state index < -0.39 is 5.91 Å². The van der Waals surface area contributed by atoms with E-state index in [4.69, 9.17) is 5.73 Å². The van der Waals surface area contributed by atoms with Gasteiger partial charge in [0.15, 0.2) is 0 Å². The summed E-state index contributed by atoms with van der Waals surface area (Å²) in [6, 6.07) is 6.35. The van der Waals surface area contributed by atoms with Gasteiger partial charge in [-0.25, -0.2) is 4.98 Å². The van der Waals surface area contributed by atoms with Crippen molar-refractivity contribution in [1.82, 2.24) is 9.55 Å². The number of nitrogens with zero attached hydrogens (tertiary/aromatic N) is 2. The summed E-state index contributed by atoms with van der Waals surface area (Å²) in [6.07, 6.45) is 3.88. The third kappa shape index (κ3) is 3.20. The summed E-state index contributed by atoms with van der Waals surface area (Å²) in [6.45, 7) is 2.47. The Balaban J connectivity index is 1.69. The van der Waals surface area contributed by atoms with Crippen LogP contribution in [0.2, 0.25) is 0 Å². The molecule has 0 aliphatic carbocycles. The number of aryl methyl sites for hydroxylation is 2. The Labute approximate surface area is 165 Å². The van der Waals surface area contributed by atoms with E-state index in [-0.39, 0.29) is 11.5 Å². The molecule has 144 valence electrons. The van der Waals surface area contributed by atoms with Crippen LogP contribution in [0.15, 0.2) is 29.1 Å². The van der Waals surface area contributed by atoms with Gasteiger partial charge < -0.3 is 11.1 Å². The van der Waals surface area contributed by atoms with Crippen molar-refractivity contribution in [3.8, 4) is 0 Å². The highest BCUT2D eigenvalue weighted by molar-refractivity contribution is 7.20. The quantitative estimate of drug-likeness (QED) is 0.710. The molecule has 0 spiro atoms. The topological polar surface area (TPSA) is 107 Å². The van der Waals surface area contributed by atoms with Crippen molar-refractivity contribution < 1.29 is 9.59 Å². The van der Waals surface area contributed by atoms with Crippen molar-refractivity contribution >= 4 is 39.1 Å². The van der Waals surface area contributed by atoms with Gasteiger partial charge in [0, 0.05) is 24.2 Å². The molecule has 0 saturated heterocycles. The van der Waals surface area contributed by atoms with E-state index in [1.54, 1.807) is 35.8 Å². The van der Waals surface area contributed by atoms with E-state index in [1.807, 2.05) is 0 Å². The van der Waals surface area contributed by atoms with Crippen molar-refractivity contribution in [1.29, 1.82) is 0 Å². The summed E-state index contributed by atoms with van der Waals surface area (Å²) in [5.41, 5.74) is 6.75. The van der Waals surface area contributed by atoms with Crippen LogP contribution in [0.3, 0.4) is 0 Å². The predicted octanol–water partition coefficient (Wildman–Crippen LogP) is 2.84. The molecule has 1 aliphatic heterocycles. The van der Waals surface area contributed by atoms with Crippen molar-refractivity contribution in [3.63, 3.8) is 0 Å². The van der Waals surface area contributed by atoms with Gasteiger partial charge in [0.2, 0.25) is 5.91 Å². The van der Waals surface area contributed by atoms with Crippen molar-refractivity contribution in [2.75, 3.05) is 5.32 Å². The second-order valence-corrected chi connectivity index (χ2v) is 7.93. The highest BCUT2D eigenvalue weighted by atomic mass is 32.1. The number of carbonyl (C=O) groups is 2. The SMILES string of the molecule is Cc1c(C(=O)Nc2ccc(C(N)=O)cc2)sc2nc3n(c(=O)c12)CCCCC3. The average Bonchev–Trinajstić information content (AvgIpc) is 2.84. The van der Waals surface area contributed by atoms with Gasteiger partial charge in [0.05, 0.1) is 10.3 Å². The van der Waals surface area contributed by atoms with Gasteiger partial charge >= 0.3 is 0 Å². The van der Waals surface area contributed by atoms with Crippen molar-refractivity contribution in [2.24, 2.45) is 5.73 Å². The third-order valence-corrected chi connectivity index (χ3v) is 6.23. The normalized spacial score (nSPS) is 13.8. The van der Waals surface area contributed by atoms with Crippen molar-refractivity contribution in [2.45, 2.75) is 39.2 Å². The molecular formula is C20H20N4O3S. The zero-order chi connectivity index (χ0) is 19.8. The average molecular weight is 396 g/mol. The number of aromatic nitrogens is 2. The molecule has 4 rings (SSSR count). The molecule has 0 saturated carbocycles. The molecule has 0 fully saturated rings. The summed E-state index contributed by atoms with van der Waals surface area (Å²) in [5.74, 6) is -0.0123. The number of benzene rings is 1. The first-order valence-electron chi connectivity index (χ1n) is 9.19. The second kappa shape index (κ2) is 7.20. The molecule has 3 N–H and O–H groups in total. The number of nitrogens with two attached hydrogens (primary N) is 1. The van der Waals surface area contributed by atoms with Crippen LogP contribution in [-0.4, -0.2) is 21.4 Å². The minimum atomic E-state index is -0.524. The lowest BCUT2D eigenvalue weighted by atomic mass is 10.2. The fraction of sp³-hybridized carbons (Fsp3) is 0.300. The molecule has 3 heterocycles. The minimum absolute atomic E-state index is 0.0551. The molecule has 1 aromatic carbocycles. The number of rotatable bonds is 3. The Morgan fingerprint density at radius 3 is 2.64 bits per heavy atom. The van der Waals surface area contributed by atoms with E-state index in [0.29, 0.717) is 38.5 Å². The first-order valence-corrected chi connectivity index (χ1v) is 10.0. The summed E-state index contributed by atoms with van der Waals surface area (Å²) >= 11 is 1.24. The smallest absolute Gasteiger partial charge is 0.266 e. The fourth-order valence-electron chi connectivity index (χ4n) is 3.53. The van der Waals surface area contributed by atoms with Gasteiger partial charge in [-0.05, 0) is 49.6 Å². The van der Waals surface area contributed by atoms with E-state index in [9.17, 15) is 14.4 Å². The Kier molecular flexibility index (Phi) is 4.72. The van der Waals surface area contributed by atoms with Crippen LogP contribution < -0.4 is 16.6 Å². The minimum Gasteiger partial charge on any atom is -0.366 e. The first-order chi connectivity index (χ1) is 13.5. The number of carbonyl (C=O) groups excluding carboxylic acids is 2. The fourth-order valence-corrected chi connectivity index (χ4v) is 4.62. The van der Waals surface area contributed by atoms with Crippen LogP contribution in [-0.2, 0) is 13.0 Å². The Morgan fingerprint density at radius 1 is 1.18 bits per heavy atom. The van der Waals surface area contributed by atoms with Gasteiger partial charge in [-0.15, -0.1) is 11.3 Å². The van der Waals surface area contributed by atoms with E-state index >= 15 is 0 Å². The molecule has 7 nitrogen and oxygen atoms in total. The maximum Gasteiger partial charge on any atom is 0.266 e. The highest BCUT2D eigenvalue weighted by Crippen LogP contribution is 2.29. The largest absolute Gasteiger partial charge is 0.366 e. The maximum atomic E-state index is 13.0. The zero-order valence-corrected chi connectivity index (χ0v) is 16.3. The molecule has 2 amide bonds. The number of amides is 2. The lowest BCUT2D eigenvalue weighted by molar-refractivity contribution is 0.0998. The molecule has 0 bridgehead atoms. The summed E-state index contributed by atoms with van der Waals surface area (Å²) in [4.78, 5) is 42.7.